The van der Waals surface area contributed by atoms with Crippen molar-refractivity contribution in [3.63, 3.8) is 0 Å². The lowest BCUT2D eigenvalue weighted by molar-refractivity contribution is -0.174. The van der Waals surface area contributed by atoms with Crippen molar-refractivity contribution < 1.29 is 17.9 Å². The Labute approximate surface area is 107 Å². The molecule has 0 spiro atoms. The molecule has 5 heteroatoms. The molecule has 0 radical (unpaired) electrons. The third-order valence-electron chi connectivity index (χ3n) is 3.68. The summed E-state index contributed by atoms with van der Waals surface area (Å²) in [5.41, 5.74) is 0.303. The molecule has 108 valence electrons. The van der Waals surface area contributed by atoms with E-state index in [0.717, 1.165) is 25.9 Å². The average molecular weight is 267 g/mol. The zero-order chi connectivity index (χ0) is 13.5. The lowest BCUT2D eigenvalue weighted by Gasteiger charge is -2.29. The van der Waals surface area contributed by atoms with Crippen molar-refractivity contribution in [2.45, 2.75) is 51.6 Å². The van der Waals surface area contributed by atoms with E-state index in [0.29, 0.717) is 5.41 Å². The maximum absolute atomic E-state index is 11.9. The molecular weight excluding hydrogens is 243 g/mol. The number of hydrogen-bond acceptors (Lipinski definition) is 2. The minimum Gasteiger partial charge on any atom is -0.372 e. The van der Waals surface area contributed by atoms with E-state index < -0.39 is 12.8 Å². The Morgan fingerprint density at radius 1 is 1.22 bits per heavy atom. The Bertz CT molecular complexity index is 225. The van der Waals surface area contributed by atoms with Crippen molar-refractivity contribution in [2.24, 2.45) is 5.41 Å². The zero-order valence-electron chi connectivity index (χ0n) is 11.1. The molecule has 0 aliphatic heterocycles. The number of ether oxygens (including phenoxy) is 1. The highest BCUT2D eigenvalue weighted by Gasteiger charge is 2.33. The van der Waals surface area contributed by atoms with Gasteiger partial charge in [0.2, 0.25) is 0 Å². The first-order chi connectivity index (χ1) is 8.47. The molecule has 0 aromatic rings. The first-order valence-corrected chi connectivity index (χ1v) is 6.83. The van der Waals surface area contributed by atoms with E-state index in [1.807, 2.05) is 0 Å². The third kappa shape index (κ3) is 6.05. The van der Waals surface area contributed by atoms with Crippen LogP contribution < -0.4 is 5.32 Å². The van der Waals surface area contributed by atoms with E-state index in [1.54, 1.807) is 0 Å². The van der Waals surface area contributed by atoms with E-state index in [9.17, 15) is 13.2 Å². The molecule has 0 bridgehead atoms. The lowest BCUT2D eigenvalue weighted by Crippen LogP contribution is -2.32. The summed E-state index contributed by atoms with van der Waals surface area (Å²) in [6.07, 6.45) is 2.37. The highest BCUT2D eigenvalue weighted by atomic mass is 19.4. The summed E-state index contributed by atoms with van der Waals surface area (Å²) >= 11 is 0. The van der Waals surface area contributed by atoms with Gasteiger partial charge in [-0.05, 0) is 37.6 Å². The van der Waals surface area contributed by atoms with Crippen molar-refractivity contribution in [1.82, 2.24) is 5.32 Å². The number of alkyl halides is 3. The van der Waals surface area contributed by atoms with Crippen molar-refractivity contribution in [2.75, 3.05) is 26.3 Å². The minimum absolute atomic E-state index is 0.216. The summed E-state index contributed by atoms with van der Waals surface area (Å²) in [6, 6.07) is 0. The molecule has 1 N–H and O–H groups in total. The molecule has 0 atom stereocenters. The quantitative estimate of drug-likeness (QED) is 0.679. The molecule has 0 saturated heterocycles. The Hall–Kier alpha value is -0.290. The van der Waals surface area contributed by atoms with Gasteiger partial charge in [0, 0.05) is 13.2 Å². The van der Waals surface area contributed by atoms with Crippen LogP contribution in [0.5, 0.6) is 0 Å². The third-order valence-corrected chi connectivity index (χ3v) is 3.68. The summed E-state index contributed by atoms with van der Waals surface area (Å²) in [5.74, 6) is 0. The fraction of sp³-hybridized carbons (Fsp3) is 1.00. The molecular formula is C13H24F3NO. The van der Waals surface area contributed by atoms with E-state index in [-0.39, 0.29) is 6.61 Å². The molecule has 0 unspecified atom stereocenters. The number of nitrogens with one attached hydrogen (secondary N) is 1. The zero-order valence-corrected chi connectivity index (χ0v) is 11.1. The Kier molecular flexibility index (Phi) is 6.43. The fourth-order valence-corrected chi connectivity index (χ4v) is 2.77. The maximum Gasteiger partial charge on any atom is 0.411 e. The van der Waals surface area contributed by atoms with Gasteiger partial charge in [-0.1, -0.05) is 19.8 Å². The Balaban J connectivity index is 2.18. The molecule has 1 rings (SSSR count). The van der Waals surface area contributed by atoms with E-state index >= 15 is 0 Å². The topological polar surface area (TPSA) is 21.3 Å². The molecule has 0 aromatic heterocycles. The van der Waals surface area contributed by atoms with Gasteiger partial charge in [0.25, 0.3) is 0 Å². The fourth-order valence-electron chi connectivity index (χ4n) is 2.77. The SMILES string of the molecule is CCNCC1(CCCOCC(F)(F)F)CCCC1. The predicted molar refractivity (Wildman–Crippen MR) is 65.6 cm³/mol. The minimum atomic E-state index is -4.20. The first-order valence-electron chi connectivity index (χ1n) is 6.83. The molecule has 1 aliphatic carbocycles. The summed E-state index contributed by atoms with van der Waals surface area (Å²) in [4.78, 5) is 0. The van der Waals surface area contributed by atoms with E-state index in [2.05, 4.69) is 17.0 Å². The van der Waals surface area contributed by atoms with Crippen LogP contribution >= 0.6 is 0 Å². The van der Waals surface area contributed by atoms with Crippen LogP contribution in [0, 0.1) is 5.41 Å². The van der Waals surface area contributed by atoms with Crippen molar-refractivity contribution >= 4 is 0 Å². The number of rotatable bonds is 8. The number of halogens is 3. The first kappa shape index (κ1) is 15.8. The molecule has 0 amide bonds. The Morgan fingerprint density at radius 2 is 1.89 bits per heavy atom. The molecule has 1 saturated carbocycles. The summed E-state index contributed by atoms with van der Waals surface area (Å²) in [5, 5.41) is 3.38. The van der Waals surface area contributed by atoms with Crippen LogP contribution in [-0.4, -0.2) is 32.5 Å². The average Bonchev–Trinajstić information content (AvgIpc) is 2.74. The van der Waals surface area contributed by atoms with Gasteiger partial charge in [-0.15, -0.1) is 0 Å². The molecule has 0 aromatic carbocycles. The van der Waals surface area contributed by atoms with Crippen LogP contribution in [-0.2, 0) is 4.74 Å². The van der Waals surface area contributed by atoms with Crippen LogP contribution in [0.2, 0.25) is 0 Å². The highest BCUT2D eigenvalue weighted by Crippen LogP contribution is 2.41. The normalized spacial score (nSPS) is 19.3. The van der Waals surface area contributed by atoms with Gasteiger partial charge in [0.1, 0.15) is 6.61 Å². The summed E-state index contributed by atoms with van der Waals surface area (Å²) < 4.78 is 40.3. The largest absolute Gasteiger partial charge is 0.411 e. The van der Waals surface area contributed by atoms with Gasteiger partial charge < -0.3 is 10.1 Å². The van der Waals surface area contributed by atoms with Crippen molar-refractivity contribution in [1.29, 1.82) is 0 Å². The highest BCUT2D eigenvalue weighted by molar-refractivity contribution is 4.86. The van der Waals surface area contributed by atoms with Crippen molar-refractivity contribution in [3.8, 4) is 0 Å². The second-order valence-corrected chi connectivity index (χ2v) is 5.26. The number of hydrogen-bond donors (Lipinski definition) is 1. The smallest absolute Gasteiger partial charge is 0.372 e. The summed E-state index contributed by atoms with van der Waals surface area (Å²) in [7, 11) is 0. The van der Waals surface area contributed by atoms with Gasteiger partial charge in [-0.25, -0.2) is 0 Å². The van der Waals surface area contributed by atoms with Gasteiger partial charge in [-0.2, -0.15) is 13.2 Å². The van der Waals surface area contributed by atoms with E-state index in [4.69, 9.17) is 0 Å². The van der Waals surface area contributed by atoms with Gasteiger partial charge >= 0.3 is 6.18 Å². The molecule has 1 aliphatic rings. The van der Waals surface area contributed by atoms with Gasteiger partial charge in [-0.3, -0.25) is 0 Å². The second kappa shape index (κ2) is 7.34. The van der Waals surface area contributed by atoms with Crippen molar-refractivity contribution in [3.05, 3.63) is 0 Å². The monoisotopic (exact) mass is 267 g/mol. The Morgan fingerprint density at radius 3 is 2.44 bits per heavy atom. The lowest BCUT2D eigenvalue weighted by atomic mass is 9.81. The van der Waals surface area contributed by atoms with Crippen LogP contribution in [0.4, 0.5) is 13.2 Å². The predicted octanol–water partition coefficient (Wildman–Crippen LogP) is 3.52. The molecule has 0 heterocycles. The molecule has 2 nitrogen and oxygen atoms in total. The van der Waals surface area contributed by atoms with Crippen LogP contribution in [0.1, 0.15) is 45.4 Å². The van der Waals surface area contributed by atoms with E-state index in [1.165, 1.54) is 25.7 Å². The second-order valence-electron chi connectivity index (χ2n) is 5.26. The summed E-state index contributed by atoms with van der Waals surface area (Å²) in [6.45, 7) is 3.12. The standard InChI is InChI=1S/C13H24F3NO/c1-2-17-10-12(6-3-4-7-12)8-5-9-18-11-13(14,15)16/h17H,2-11H2,1H3. The van der Waals surface area contributed by atoms with Gasteiger partial charge in [0.15, 0.2) is 0 Å². The molecule has 18 heavy (non-hydrogen) atoms. The maximum atomic E-state index is 11.9. The van der Waals surface area contributed by atoms with Gasteiger partial charge in [0.05, 0.1) is 0 Å². The van der Waals surface area contributed by atoms with Crippen LogP contribution in [0.15, 0.2) is 0 Å². The van der Waals surface area contributed by atoms with Crippen LogP contribution in [0.25, 0.3) is 0 Å². The molecule has 1 fully saturated rings. The van der Waals surface area contributed by atoms with Crippen LogP contribution in [0.3, 0.4) is 0 Å².